The van der Waals surface area contributed by atoms with Crippen molar-refractivity contribution < 1.29 is 33.8 Å². The fraction of sp³-hybridized carbons (Fsp3) is 0.333. The Kier molecular flexibility index (Phi) is 6.32. The van der Waals surface area contributed by atoms with E-state index in [0.717, 1.165) is 16.7 Å². The van der Waals surface area contributed by atoms with Gasteiger partial charge in [0, 0.05) is 13.1 Å². The minimum atomic E-state index is -1.10. The second-order valence-electron chi connectivity index (χ2n) is 6.02. The molecule has 0 saturated carbocycles. The number of carbonyl (C=O) groups is 4. The summed E-state index contributed by atoms with van der Waals surface area (Å²) in [5.74, 6) is -1.60. The lowest BCUT2D eigenvalue weighted by atomic mass is 10.2. The van der Waals surface area contributed by atoms with E-state index in [-0.39, 0.29) is 17.4 Å². The number of rotatable bonds is 6. The fourth-order valence-corrected chi connectivity index (χ4v) is 3.51. The van der Waals surface area contributed by atoms with E-state index in [9.17, 15) is 19.2 Å². The number of benzene rings is 1. The Morgan fingerprint density at radius 2 is 2.00 bits per heavy atom. The highest BCUT2D eigenvalue weighted by molar-refractivity contribution is 8.18. The first-order valence-corrected chi connectivity index (χ1v) is 9.31. The molecule has 0 aromatic heterocycles. The Hall–Kier alpha value is -2.85. The summed E-state index contributed by atoms with van der Waals surface area (Å²) in [6.07, 6.45) is 1.51. The van der Waals surface area contributed by atoms with Crippen molar-refractivity contribution in [1.82, 2.24) is 9.80 Å². The minimum absolute atomic E-state index is 0.190. The third kappa shape index (κ3) is 4.90. The number of hydrogen-bond donors (Lipinski definition) is 1. The van der Waals surface area contributed by atoms with Gasteiger partial charge in [-0.3, -0.25) is 19.3 Å². The minimum Gasteiger partial charge on any atom is -0.482 e. The average molecular weight is 406 g/mol. The third-order valence-corrected chi connectivity index (χ3v) is 4.96. The Morgan fingerprint density at radius 3 is 2.71 bits per heavy atom. The van der Waals surface area contributed by atoms with E-state index in [4.69, 9.17) is 14.6 Å². The molecule has 0 aliphatic carbocycles. The molecule has 2 aliphatic rings. The van der Waals surface area contributed by atoms with Gasteiger partial charge < -0.3 is 19.5 Å². The maximum absolute atomic E-state index is 12.6. The Balaban J connectivity index is 1.68. The number of hydrogen-bond acceptors (Lipinski definition) is 7. The van der Waals surface area contributed by atoms with Crippen molar-refractivity contribution in [3.63, 3.8) is 0 Å². The number of ether oxygens (including phenoxy) is 2. The second kappa shape index (κ2) is 8.89. The van der Waals surface area contributed by atoms with Gasteiger partial charge in [-0.05, 0) is 35.5 Å². The Labute approximate surface area is 164 Å². The summed E-state index contributed by atoms with van der Waals surface area (Å²) < 4.78 is 10.3. The molecule has 2 fully saturated rings. The highest BCUT2D eigenvalue weighted by Crippen LogP contribution is 2.32. The average Bonchev–Trinajstić information content (AvgIpc) is 2.94. The maximum atomic E-state index is 12.6. The molecule has 2 heterocycles. The van der Waals surface area contributed by atoms with Gasteiger partial charge in [0.25, 0.3) is 11.1 Å². The highest BCUT2D eigenvalue weighted by Gasteiger charge is 2.37. The van der Waals surface area contributed by atoms with Gasteiger partial charge in [0.05, 0.1) is 18.1 Å². The normalized spacial score (nSPS) is 18.6. The van der Waals surface area contributed by atoms with Gasteiger partial charge in [-0.15, -0.1) is 0 Å². The molecule has 1 aromatic rings. The molecule has 2 aliphatic heterocycles. The number of amides is 3. The molecule has 28 heavy (non-hydrogen) atoms. The van der Waals surface area contributed by atoms with Crippen molar-refractivity contribution in [2.45, 2.75) is 0 Å². The van der Waals surface area contributed by atoms with Crippen LogP contribution in [0, 0.1) is 0 Å². The van der Waals surface area contributed by atoms with Gasteiger partial charge in [0.2, 0.25) is 5.91 Å². The molecule has 148 valence electrons. The quantitative estimate of drug-likeness (QED) is 0.698. The van der Waals surface area contributed by atoms with Crippen molar-refractivity contribution in [3.8, 4) is 5.75 Å². The zero-order chi connectivity index (χ0) is 20.1. The first-order valence-electron chi connectivity index (χ1n) is 8.49. The summed E-state index contributed by atoms with van der Waals surface area (Å²) in [7, 11) is 0. The lowest BCUT2D eigenvalue weighted by Gasteiger charge is -2.28. The SMILES string of the molecule is O=C(O)COc1cccc(/C=C2\SC(=O)N(CC(=O)N3CCOCC3)C2=O)c1. The molecule has 1 aromatic carbocycles. The van der Waals surface area contributed by atoms with Crippen LogP contribution in [0.2, 0.25) is 0 Å². The van der Waals surface area contributed by atoms with E-state index < -0.39 is 23.7 Å². The summed E-state index contributed by atoms with van der Waals surface area (Å²) in [5, 5.41) is 8.16. The maximum Gasteiger partial charge on any atom is 0.341 e. The zero-order valence-electron chi connectivity index (χ0n) is 14.8. The van der Waals surface area contributed by atoms with Crippen molar-refractivity contribution >= 4 is 40.9 Å². The second-order valence-corrected chi connectivity index (χ2v) is 7.01. The zero-order valence-corrected chi connectivity index (χ0v) is 15.6. The van der Waals surface area contributed by atoms with Crippen molar-refractivity contribution in [3.05, 3.63) is 34.7 Å². The molecule has 0 unspecified atom stereocenters. The first-order chi connectivity index (χ1) is 13.4. The van der Waals surface area contributed by atoms with Gasteiger partial charge in [0.15, 0.2) is 6.61 Å². The molecule has 3 rings (SSSR count). The van der Waals surface area contributed by atoms with Crippen LogP contribution in [0.15, 0.2) is 29.2 Å². The van der Waals surface area contributed by atoms with Crippen LogP contribution in [0.25, 0.3) is 6.08 Å². The Morgan fingerprint density at radius 1 is 1.25 bits per heavy atom. The van der Waals surface area contributed by atoms with Gasteiger partial charge in [-0.2, -0.15) is 0 Å². The molecule has 9 nitrogen and oxygen atoms in total. The van der Waals surface area contributed by atoms with Crippen LogP contribution in [0.5, 0.6) is 5.75 Å². The van der Waals surface area contributed by atoms with Crippen LogP contribution in [-0.2, 0) is 19.1 Å². The first kappa shape index (κ1) is 19.9. The third-order valence-electron chi connectivity index (χ3n) is 4.05. The van der Waals surface area contributed by atoms with E-state index in [0.29, 0.717) is 37.6 Å². The van der Waals surface area contributed by atoms with Crippen molar-refractivity contribution in [2.24, 2.45) is 0 Å². The number of carboxylic acid groups (broad SMARTS) is 1. The number of carbonyl (C=O) groups excluding carboxylic acids is 3. The van der Waals surface area contributed by atoms with Crippen LogP contribution in [0.1, 0.15) is 5.56 Å². The van der Waals surface area contributed by atoms with Crippen LogP contribution in [0.4, 0.5) is 4.79 Å². The standard InChI is InChI=1S/C18H18N2O7S/c21-15(19-4-6-26-7-5-19)10-20-17(24)14(28-18(20)25)9-12-2-1-3-13(8-12)27-11-16(22)23/h1-3,8-9H,4-7,10-11H2,(H,22,23)/b14-9-. The summed E-state index contributed by atoms with van der Waals surface area (Å²) in [6.45, 7) is 0.969. The fourth-order valence-electron chi connectivity index (χ4n) is 2.67. The topological polar surface area (TPSA) is 113 Å². The van der Waals surface area contributed by atoms with E-state index in [1.165, 1.54) is 6.08 Å². The van der Waals surface area contributed by atoms with E-state index in [1.807, 2.05) is 0 Å². The van der Waals surface area contributed by atoms with E-state index in [2.05, 4.69) is 0 Å². The molecule has 10 heteroatoms. The molecule has 2 saturated heterocycles. The molecule has 0 bridgehead atoms. The smallest absolute Gasteiger partial charge is 0.341 e. The molecular formula is C18H18N2O7S. The number of aliphatic carboxylic acids is 1. The molecule has 0 radical (unpaired) electrons. The predicted molar refractivity (Wildman–Crippen MR) is 99.6 cm³/mol. The van der Waals surface area contributed by atoms with Crippen LogP contribution < -0.4 is 4.74 Å². The van der Waals surface area contributed by atoms with E-state index >= 15 is 0 Å². The Bertz CT molecular complexity index is 833. The molecule has 0 atom stereocenters. The summed E-state index contributed by atoms with van der Waals surface area (Å²) >= 11 is 0.758. The summed E-state index contributed by atoms with van der Waals surface area (Å²) in [5.41, 5.74) is 0.577. The molecule has 1 N–H and O–H groups in total. The number of carboxylic acids is 1. The largest absolute Gasteiger partial charge is 0.482 e. The number of imide groups is 1. The monoisotopic (exact) mass is 406 g/mol. The van der Waals surface area contributed by atoms with Gasteiger partial charge >= 0.3 is 5.97 Å². The van der Waals surface area contributed by atoms with Crippen molar-refractivity contribution in [1.29, 1.82) is 0 Å². The summed E-state index contributed by atoms with van der Waals surface area (Å²) in [6, 6.07) is 6.50. The number of nitrogens with zero attached hydrogens (tertiary/aromatic N) is 2. The van der Waals surface area contributed by atoms with Crippen LogP contribution >= 0.6 is 11.8 Å². The van der Waals surface area contributed by atoms with Gasteiger partial charge in [-0.25, -0.2) is 4.79 Å². The van der Waals surface area contributed by atoms with Gasteiger partial charge in [0.1, 0.15) is 12.3 Å². The molecule has 0 spiro atoms. The molecule has 3 amide bonds. The van der Waals surface area contributed by atoms with Crippen LogP contribution in [0.3, 0.4) is 0 Å². The number of thioether (sulfide) groups is 1. The number of morpholine rings is 1. The van der Waals surface area contributed by atoms with Crippen LogP contribution in [-0.4, -0.2) is 77.4 Å². The predicted octanol–water partition coefficient (Wildman–Crippen LogP) is 1.05. The highest BCUT2D eigenvalue weighted by atomic mass is 32.2. The summed E-state index contributed by atoms with van der Waals surface area (Å²) in [4.78, 5) is 50.3. The lowest BCUT2D eigenvalue weighted by Crippen LogP contribution is -2.46. The molecular weight excluding hydrogens is 388 g/mol. The lowest BCUT2D eigenvalue weighted by molar-refractivity contribution is -0.139. The van der Waals surface area contributed by atoms with E-state index in [1.54, 1.807) is 29.2 Å². The van der Waals surface area contributed by atoms with Gasteiger partial charge in [-0.1, -0.05) is 12.1 Å². The van der Waals surface area contributed by atoms with Crippen molar-refractivity contribution in [2.75, 3.05) is 39.5 Å².